The molecule has 0 aliphatic carbocycles. The predicted molar refractivity (Wildman–Crippen MR) is 142 cm³/mol. The van der Waals surface area contributed by atoms with E-state index in [4.69, 9.17) is 9.47 Å². The van der Waals surface area contributed by atoms with Crippen molar-refractivity contribution in [3.8, 4) is 11.5 Å². The molecule has 188 valence electrons. The topological polar surface area (TPSA) is 135 Å². The van der Waals surface area contributed by atoms with Gasteiger partial charge in [0.1, 0.15) is 17.2 Å². The van der Waals surface area contributed by atoms with Crippen molar-refractivity contribution in [1.29, 1.82) is 0 Å². The molecule has 0 saturated heterocycles. The number of amides is 2. The maximum Gasteiger partial charge on any atom is 0.272 e. The monoisotopic (exact) mass is 563 g/mol. The summed E-state index contributed by atoms with van der Waals surface area (Å²) in [6.07, 6.45) is 1.40. The highest BCUT2D eigenvalue weighted by atomic mass is 79.9. The van der Waals surface area contributed by atoms with Crippen LogP contribution in [0.25, 0.3) is 10.8 Å². The molecule has 3 aromatic carbocycles. The SMILES string of the molecule is COc1cc(OC)c(/C=N/NC(=O)C(NC(=O)c2ccccc2)c2n[nH]c(=O)c3ccccc23)cc1Br. The summed E-state index contributed by atoms with van der Waals surface area (Å²) in [5, 5.41) is 14.0. The molecule has 0 saturated carbocycles. The third-order valence-electron chi connectivity index (χ3n) is 5.46. The number of fused-ring (bicyclic) bond motifs is 1. The number of aromatic nitrogens is 2. The van der Waals surface area contributed by atoms with E-state index in [2.05, 4.69) is 42.0 Å². The number of aromatic amines is 1. The van der Waals surface area contributed by atoms with Crippen molar-refractivity contribution in [2.24, 2.45) is 5.10 Å². The summed E-state index contributed by atoms with van der Waals surface area (Å²) in [6.45, 7) is 0. The van der Waals surface area contributed by atoms with Gasteiger partial charge in [-0.3, -0.25) is 14.4 Å². The van der Waals surface area contributed by atoms with Gasteiger partial charge in [0.05, 0.1) is 30.3 Å². The molecule has 11 heteroatoms. The van der Waals surface area contributed by atoms with Crippen molar-refractivity contribution < 1.29 is 19.1 Å². The second kappa shape index (κ2) is 11.5. The Morgan fingerprint density at radius 2 is 1.68 bits per heavy atom. The summed E-state index contributed by atoms with van der Waals surface area (Å²) in [4.78, 5) is 38.5. The molecule has 2 amide bonds. The average molecular weight is 564 g/mol. The van der Waals surface area contributed by atoms with Crippen molar-refractivity contribution in [2.45, 2.75) is 6.04 Å². The standard InChI is InChI=1S/C26H22BrN5O5/c1-36-20-13-21(37-2)19(27)12-16(20)14-28-31-26(35)23(29-24(33)15-8-4-3-5-9-15)22-17-10-6-7-11-18(17)25(34)32-30-22/h3-14,23H,1-2H3,(H,29,33)(H,31,35)(H,32,34)/b28-14+. The number of benzene rings is 3. The van der Waals surface area contributed by atoms with E-state index in [1.807, 2.05) is 0 Å². The van der Waals surface area contributed by atoms with E-state index in [-0.39, 0.29) is 5.69 Å². The first-order valence-electron chi connectivity index (χ1n) is 11.0. The van der Waals surface area contributed by atoms with E-state index in [0.29, 0.717) is 37.9 Å². The minimum atomic E-state index is -1.27. The van der Waals surface area contributed by atoms with Crippen LogP contribution in [-0.2, 0) is 4.79 Å². The van der Waals surface area contributed by atoms with Crippen molar-refractivity contribution in [1.82, 2.24) is 20.9 Å². The largest absolute Gasteiger partial charge is 0.496 e. The van der Waals surface area contributed by atoms with E-state index in [0.717, 1.165) is 0 Å². The lowest BCUT2D eigenvalue weighted by molar-refractivity contribution is -0.123. The molecule has 0 aliphatic rings. The van der Waals surface area contributed by atoms with Crippen molar-refractivity contribution in [3.05, 3.63) is 98.4 Å². The summed E-state index contributed by atoms with van der Waals surface area (Å²) in [7, 11) is 3.03. The fourth-order valence-electron chi connectivity index (χ4n) is 3.63. The van der Waals surface area contributed by atoms with Gasteiger partial charge in [-0.25, -0.2) is 10.5 Å². The first-order valence-corrected chi connectivity index (χ1v) is 11.8. The Labute approximate surface area is 219 Å². The number of nitrogens with one attached hydrogen (secondary N) is 3. The summed E-state index contributed by atoms with van der Waals surface area (Å²) in [5.74, 6) is -0.127. The lowest BCUT2D eigenvalue weighted by Crippen LogP contribution is -2.40. The number of carbonyl (C=O) groups excluding carboxylic acids is 2. The molecule has 0 aliphatic heterocycles. The van der Waals surface area contributed by atoms with Gasteiger partial charge in [0.2, 0.25) is 0 Å². The van der Waals surface area contributed by atoms with Crippen LogP contribution in [0.15, 0.2) is 81.1 Å². The van der Waals surface area contributed by atoms with E-state index < -0.39 is 23.4 Å². The number of ether oxygens (including phenoxy) is 2. The number of methoxy groups -OCH3 is 2. The van der Waals surface area contributed by atoms with Crippen LogP contribution in [-0.4, -0.2) is 42.4 Å². The molecule has 0 bridgehead atoms. The van der Waals surface area contributed by atoms with Gasteiger partial charge in [-0.05, 0) is 40.2 Å². The quantitative estimate of drug-likeness (QED) is 0.222. The van der Waals surface area contributed by atoms with Gasteiger partial charge in [-0.15, -0.1) is 0 Å². The predicted octanol–water partition coefficient (Wildman–Crippen LogP) is 3.32. The van der Waals surface area contributed by atoms with Crippen molar-refractivity contribution in [2.75, 3.05) is 14.2 Å². The maximum atomic E-state index is 13.3. The van der Waals surface area contributed by atoms with Crippen molar-refractivity contribution >= 4 is 44.7 Å². The summed E-state index contributed by atoms with van der Waals surface area (Å²) < 4.78 is 11.3. The molecule has 4 aromatic rings. The Balaban J connectivity index is 1.67. The molecular formula is C26H22BrN5O5. The zero-order valence-corrected chi connectivity index (χ0v) is 21.4. The highest BCUT2D eigenvalue weighted by molar-refractivity contribution is 9.10. The number of hydrogen-bond acceptors (Lipinski definition) is 7. The van der Waals surface area contributed by atoms with Gasteiger partial charge in [0.15, 0.2) is 6.04 Å². The van der Waals surface area contributed by atoms with Crippen LogP contribution in [0.3, 0.4) is 0 Å². The number of hydrogen-bond donors (Lipinski definition) is 3. The fourth-order valence-corrected chi connectivity index (χ4v) is 4.16. The second-order valence-corrected chi connectivity index (χ2v) is 8.57. The first kappa shape index (κ1) is 25.6. The van der Waals surface area contributed by atoms with Gasteiger partial charge in [-0.2, -0.15) is 10.2 Å². The Morgan fingerprint density at radius 3 is 2.38 bits per heavy atom. The molecule has 37 heavy (non-hydrogen) atoms. The molecule has 0 fully saturated rings. The Hall–Kier alpha value is -4.51. The molecule has 1 atom stereocenters. The Morgan fingerprint density at radius 1 is 1.00 bits per heavy atom. The zero-order chi connectivity index (χ0) is 26.4. The average Bonchev–Trinajstić information content (AvgIpc) is 2.93. The highest BCUT2D eigenvalue weighted by Crippen LogP contribution is 2.32. The zero-order valence-electron chi connectivity index (χ0n) is 19.8. The van der Waals surface area contributed by atoms with Crippen LogP contribution >= 0.6 is 15.9 Å². The van der Waals surface area contributed by atoms with Gasteiger partial charge in [0.25, 0.3) is 17.4 Å². The molecule has 0 spiro atoms. The highest BCUT2D eigenvalue weighted by Gasteiger charge is 2.27. The lowest BCUT2D eigenvalue weighted by Gasteiger charge is -2.18. The number of nitrogens with zero attached hydrogens (tertiary/aromatic N) is 2. The number of hydrazone groups is 1. The van der Waals surface area contributed by atoms with Gasteiger partial charge < -0.3 is 14.8 Å². The van der Waals surface area contributed by atoms with Crippen LogP contribution in [0.4, 0.5) is 0 Å². The number of rotatable bonds is 8. The molecule has 0 radical (unpaired) electrons. The maximum absolute atomic E-state index is 13.3. The van der Waals surface area contributed by atoms with E-state index in [1.165, 1.54) is 20.4 Å². The Bertz CT molecular complexity index is 1540. The third kappa shape index (κ3) is 5.67. The fraction of sp³-hybridized carbons (Fsp3) is 0.115. The number of carbonyl (C=O) groups is 2. The van der Waals surface area contributed by atoms with E-state index in [9.17, 15) is 14.4 Å². The smallest absolute Gasteiger partial charge is 0.272 e. The molecule has 1 heterocycles. The molecular weight excluding hydrogens is 542 g/mol. The summed E-state index contributed by atoms with van der Waals surface area (Å²) >= 11 is 3.41. The molecule has 1 unspecified atom stereocenters. The Kier molecular flexibility index (Phi) is 7.94. The second-order valence-electron chi connectivity index (χ2n) is 7.72. The van der Waals surface area contributed by atoms with E-state index in [1.54, 1.807) is 66.7 Å². The number of H-pyrrole nitrogens is 1. The lowest BCUT2D eigenvalue weighted by atomic mass is 10.0. The normalized spacial score (nSPS) is 11.8. The molecule has 3 N–H and O–H groups in total. The minimum absolute atomic E-state index is 0.164. The van der Waals surface area contributed by atoms with Crippen molar-refractivity contribution in [3.63, 3.8) is 0 Å². The van der Waals surface area contributed by atoms with Crippen LogP contribution < -0.4 is 25.8 Å². The molecule has 1 aromatic heterocycles. The van der Waals surface area contributed by atoms with Crippen LogP contribution in [0.1, 0.15) is 27.7 Å². The van der Waals surface area contributed by atoms with E-state index >= 15 is 0 Å². The third-order valence-corrected chi connectivity index (χ3v) is 6.07. The van der Waals surface area contributed by atoms with Crippen LogP contribution in [0.5, 0.6) is 11.5 Å². The summed E-state index contributed by atoms with van der Waals surface area (Å²) in [6, 6.07) is 17.2. The minimum Gasteiger partial charge on any atom is -0.496 e. The number of halogens is 1. The van der Waals surface area contributed by atoms with Gasteiger partial charge >= 0.3 is 0 Å². The molecule has 10 nitrogen and oxygen atoms in total. The van der Waals surface area contributed by atoms with Crippen LogP contribution in [0, 0.1) is 0 Å². The van der Waals surface area contributed by atoms with Gasteiger partial charge in [0, 0.05) is 22.6 Å². The summed E-state index contributed by atoms with van der Waals surface area (Å²) in [5.41, 5.74) is 3.11. The van der Waals surface area contributed by atoms with Crippen LogP contribution in [0.2, 0.25) is 0 Å². The molecule has 4 rings (SSSR count). The van der Waals surface area contributed by atoms with Gasteiger partial charge in [-0.1, -0.05) is 36.4 Å². The first-order chi connectivity index (χ1) is 17.9.